The van der Waals surface area contributed by atoms with Crippen LogP contribution in [0, 0.1) is 24.0 Å². The molecule has 2 heterocycles. The maximum atomic E-state index is 11.2. The van der Waals surface area contributed by atoms with Crippen LogP contribution in [0.1, 0.15) is 17.8 Å². The van der Waals surface area contributed by atoms with Gasteiger partial charge in [-0.1, -0.05) is 0 Å². The second-order valence-corrected chi connectivity index (χ2v) is 5.00. The van der Waals surface area contributed by atoms with Crippen LogP contribution >= 0.6 is 0 Å². The van der Waals surface area contributed by atoms with Crippen LogP contribution in [0.15, 0.2) is 24.7 Å². The van der Waals surface area contributed by atoms with Crippen LogP contribution in [0.5, 0.6) is 0 Å². The predicted molar refractivity (Wildman–Crippen MR) is 80.5 cm³/mol. The molecule has 2 aromatic heterocycles. The van der Waals surface area contributed by atoms with Gasteiger partial charge in [0.25, 0.3) is 0 Å². The molecule has 0 atom stereocenters. The Morgan fingerprint density at radius 2 is 2.10 bits per heavy atom. The van der Waals surface area contributed by atoms with Gasteiger partial charge in [-0.05, 0) is 26.3 Å². The molecule has 2 rings (SSSR count). The largest absolute Gasteiger partial charge is 0.354 e. The van der Waals surface area contributed by atoms with Crippen molar-refractivity contribution in [2.24, 2.45) is 0 Å². The Kier molecular flexibility index (Phi) is 4.52. The van der Waals surface area contributed by atoms with Crippen molar-refractivity contribution in [3.05, 3.63) is 46.2 Å². The highest BCUT2D eigenvalue weighted by Gasteiger charge is 2.21. The summed E-state index contributed by atoms with van der Waals surface area (Å²) in [5.41, 5.74) is 0.709. The lowest BCUT2D eigenvalue weighted by molar-refractivity contribution is -0.384. The molecule has 112 valence electrons. The van der Waals surface area contributed by atoms with E-state index in [1.165, 1.54) is 0 Å². The van der Waals surface area contributed by atoms with Gasteiger partial charge in [0, 0.05) is 44.3 Å². The fourth-order valence-corrected chi connectivity index (χ4v) is 2.27. The lowest BCUT2D eigenvalue weighted by Crippen LogP contribution is -2.22. The average molecular weight is 289 g/mol. The van der Waals surface area contributed by atoms with Gasteiger partial charge in [-0.25, -0.2) is 9.97 Å². The molecule has 0 unspecified atom stereocenters. The summed E-state index contributed by atoms with van der Waals surface area (Å²) in [6.07, 6.45) is 6.17. The third-order valence-corrected chi connectivity index (χ3v) is 3.47. The molecule has 0 bridgehead atoms. The predicted octanol–water partition coefficient (Wildman–Crippen LogP) is 2.33. The number of hydrogen-bond donors (Lipinski definition) is 0. The maximum absolute atomic E-state index is 11.2. The molecular formula is C14H19N5O2. The summed E-state index contributed by atoms with van der Waals surface area (Å²) < 4.78 is 2.06. The van der Waals surface area contributed by atoms with E-state index >= 15 is 0 Å². The van der Waals surface area contributed by atoms with Gasteiger partial charge >= 0.3 is 5.69 Å². The van der Waals surface area contributed by atoms with Crippen LogP contribution in [0.2, 0.25) is 0 Å². The van der Waals surface area contributed by atoms with E-state index in [4.69, 9.17) is 0 Å². The maximum Gasteiger partial charge on any atom is 0.314 e. The number of nitro groups is 1. The standard InChI is InChI=1S/C14H19N5O2/c1-11-5-6-16-14(13(11)19(20)21)17(3)8-4-9-18-10-7-15-12(18)2/h5-7,10H,4,8-9H2,1-3H3. The zero-order valence-electron chi connectivity index (χ0n) is 12.5. The van der Waals surface area contributed by atoms with Crippen LogP contribution in [0.3, 0.4) is 0 Å². The van der Waals surface area contributed by atoms with Gasteiger partial charge in [0.05, 0.1) is 4.92 Å². The van der Waals surface area contributed by atoms with Crippen molar-refractivity contribution in [1.82, 2.24) is 14.5 Å². The van der Waals surface area contributed by atoms with Gasteiger partial charge in [0.15, 0.2) is 0 Å². The highest BCUT2D eigenvalue weighted by molar-refractivity contribution is 5.60. The van der Waals surface area contributed by atoms with Crippen LogP contribution in [0.4, 0.5) is 11.5 Å². The molecule has 21 heavy (non-hydrogen) atoms. The normalized spacial score (nSPS) is 10.6. The summed E-state index contributed by atoms with van der Waals surface area (Å²) in [5, 5.41) is 11.2. The molecule has 0 aliphatic carbocycles. The number of anilines is 1. The van der Waals surface area contributed by atoms with Crippen molar-refractivity contribution in [2.75, 3.05) is 18.5 Å². The van der Waals surface area contributed by atoms with Gasteiger partial charge in [-0.2, -0.15) is 0 Å². The molecule has 0 amide bonds. The first-order chi connectivity index (χ1) is 10.0. The minimum atomic E-state index is -0.367. The number of hydrogen-bond acceptors (Lipinski definition) is 5. The quantitative estimate of drug-likeness (QED) is 0.602. The smallest absolute Gasteiger partial charge is 0.314 e. The molecule has 7 nitrogen and oxygen atoms in total. The van der Waals surface area contributed by atoms with Crippen molar-refractivity contribution in [3.63, 3.8) is 0 Å². The first-order valence-electron chi connectivity index (χ1n) is 6.79. The van der Waals surface area contributed by atoms with E-state index < -0.39 is 0 Å². The number of pyridine rings is 1. The summed E-state index contributed by atoms with van der Waals surface area (Å²) >= 11 is 0. The van der Waals surface area contributed by atoms with Gasteiger partial charge in [-0.3, -0.25) is 10.1 Å². The molecule has 0 aromatic carbocycles. The number of imidazole rings is 1. The Morgan fingerprint density at radius 1 is 1.33 bits per heavy atom. The lowest BCUT2D eigenvalue weighted by Gasteiger charge is -2.18. The Labute approximate surface area is 123 Å². The molecule has 2 aromatic rings. The summed E-state index contributed by atoms with van der Waals surface area (Å²) in [7, 11) is 1.83. The summed E-state index contributed by atoms with van der Waals surface area (Å²) in [6, 6.07) is 1.66. The zero-order chi connectivity index (χ0) is 15.4. The van der Waals surface area contributed by atoms with Crippen molar-refractivity contribution >= 4 is 11.5 Å². The number of nitrogens with zero attached hydrogens (tertiary/aromatic N) is 5. The van der Waals surface area contributed by atoms with Crippen molar-refractivity contribution < 1.29 is 4.92 Å². The summed E-state index contributed by atoms with van der Waals surface area (Å²) in [4.78, 5) is 21.0. The average Bonchev–Trinajstić information content (AvgIpc) is 2.83. The molecule has 7 heteroatoms. The lowest BCUT2D eigenvalue weighted by atomic mass is 10.2. The second-order valence-electron chi connectivity index (χ2n) is 5.00. The molecular weight excluding hydrogens is 270 g/mol. The monoisotopic (exact) mass is 289 g/mol. The first kappa shape index (κ1) is 15.0. The van der Waals surface area contributed by atoms with Crippen molar-refractivity contribution in [2.45, 2.75) is 26.8 Å². The molecule has 0 radical (unpaired) electrons. The zero-order valence-corrected chi connectivity index (χ0v) is 12.5. The Hall–Kier alpha value is -2.44. The Bertz CT molecular complexity index is 638. The molecule has 0 saturated heterocycles. The van der Waals surface area contributed by atoms with E-state index in [2.05, 4.69) is 14.5 Å². The van der Waals surface area contributed by atoms with E-state index in [0.29, 0.717) is 17.9 Å². The minimum Gasteiger partial charge on any atom is -0.354 e. The van der Waals surface area contributed by atoms with Crippen LogP contribution in [-0.2, 0) is 6.54 Å². The molecule has 0 N–H and O–H groups in total. The molecule has 0 aliphatic heterocycles. The van der Waals surface area contributed by atoms with E-state index in [-0.39, 0.29) is 10.6 Å². The second kappa shape index (κ2) is 6.34. The number of rotatable bonds is 6. The highest BCUT2D eigenvalue weighted by Crippen LogP contribution is 2.28. The molecule has 0 saturated carbocycles. The molecule has 0 spiro atoms. The van der Waals surface area contributed by atoms with Gasteiger partial charge in [0.1, 0.15) is 5.82 Å². The number of aryl methyl sites for hydroxylation is 3. The third-order valence-electron chi connectivity index (χ3n) is 3.47. The van der Waals surface area contributed by atoms with Gasteiger partial charge in [-0.15, -0.1) is 0 Å². The van der Waals surface area contributed by atoms with Gasteiger partial charge < -0.3 is 9.47 Å². The minimum absolute atomic E-state index is 0.0822. The Balaban J connectivity index is 2.04. The first-order valence-corrected chi connectivity index (χ1v) is 6.79. The van der Waals surface area contributed by atoms with E-state index in [9.17, 15) is 10.1 Å². The van der Waals surface area contributed by atoms with Crippen molar-refractivity contribution in [3.8, 4) is 0 Å². The third kappa shape index (κ3) is 3.36. The van der Waals surface area contributed by atoms with Crippen LogP contribution in [-0.4, -0.2) is 33.1 Å². The summed E-state index contributed by atoms with van der Waals surface area (Å²) in [6.45, 7) is 5.20. The van der Waals surface area contributed by atoms with Gasteiger partial charge in [0.2, 0.25) is 5.82 Å². The van der Waals surface area contributed by atoms with E-state index in [1.807, 2.05) is 25.1 Å². The fraction of sp³-hybridized carbons (Fsp3) is 0.429. The van der Waals surface area contributed by atoms with E-state index in [1.54, 1.807) is 25.4 Å². The number of aromatic nitrogens is 3. The fourth-order valence-electron chi connectivity index (χ4n) is 2.27. The van der Waals surface area contributed by atoms with Crippen LogP contribution < -0.4 is 4.90 Å². The van der Waals surface area contributed by atoms with E-state index in [0.717, 1.165) is 18.8 Å². The Morgan fingerprint density at radius 3 is 2.71 bits per heavy atom. The van der Waals surface area contributed by atoms with Crippen molar-refractivity contribution in [1.29, 1.82) is 0 Å². The van der Waals surface area contributed by atoms with Crippen LogP contribution in [0.25, 0.3) is 0 Å². The topological polar surface area (TPSA) is 77.1 Å². The highest BCUT2D eigenvalue weighted by atomic mass is 16.6. The summed E-state index contributed by atoms with van der Waals surface area (Å²) in [5.74, 6) is 1.39. The molecule has 0 aliphatic rings. The SMILES string of the molecule is Cc1ccnc(N(C)CCCn2ccnc2C)c1[N+](=O)[O-]. The molecule has 0 fully saturated rings.